The lowest BCUT2D eigenvalue weighted by Crippen LogP contribution is -2.33. The number of hydrogen-bond donors (Lipinski definition) is 0. The van der Waals surface area contributed by atoms with Crippen LogP contribution < -0.4 is 4.90 Å². The third-order valence-corrected chi connectivity index (χ3v) is 13.9. The fourth-order valence-electron chi connectivity index (χ4n) is 10.4. The van der Waals surface area contributed by atoms with E-state index in [1.54, 1.807) is 0 Å². The van der Waals surface area contributed by atoms with Crippen LogP contribution in [0.15, 0.2) is 206 Å². The Bertz CT molecular complexity index is 3460. The van der Waals surface area contributed by atoms with Crippen molar-refractivity contribution in [1.82, 2.24) is 4.57 Å². The third-order valence-electron chi connectivity index (χ3n) is 12.8. The van der Waals surface area contributed by atoms with Crippen LogP contribution in [0.2, 0.25) is 0 Å². The second-order valence-corrected chi connectivity index (χ2v) is 16.7. The predicted molar refractivity (Wildman–Crippen MR) is 245 cm³/mol. The maximum absolute atomic E-state index is 2.51. The molecule has 2 nitrogen and oxygen atoms in total. The Labute approximate surface area is 340 Å². The highest BCUT2D eigenvalue weighted by atomic mass is 32.1. The van der Waals surface area contributed by atoms with E-state index in [1.807, 2.05) is 11.3 Å². The monoisotopic (exact) mass is 754 g/mol. The van der Waals surface area contributed by atoms with Crippen molar-refractivity contribution in [2.24, 2.45) is 0 Å². The van der Waals surface area contributed by atoms with Gasteiger partial charge in [-0.1, -0.05) is 140 Å². The summed E-state index contributed by atoms with van der Waals surface area (Å²) in [5.41, 5.74) is 17.0. The zero-order valence-corrected chi connectivity index (χ0v) is 32.2. The topological polar surface area (TPSA) is 8.17 Å². The van der Waals surface area contributed by atoms with Gasteiger partial charge < -0.3 is 9.47 Å². The number of fused-ring (bicyclic) bond motifs is 15. The zero-order valence-electron chi connectivity index (χ0n) is 31.4. The molecule has 1 aliphatic heterocycles. The van der Waals surface area contributed by atoms with Crippen LogP contribution in [0.3, 0.4) is 0 Å². The van der Waals surface area contributed by atoms with Crippen molar-refractivity contribution < 1.29 is 0 Å². The molecule has 0 bridgehead atoms. The Kier molecular flexibility index (Phi) is 6.56. The van der Waals surface area contributed by atoms with Gasteiger partial charge in [0.15, 0.2) is 0 Å². The van der Waals surface area contributed by atoms with Gasteiger partial charge in [0, 0.05) is 48.0 Å². The molecular formula is C55H34N2S. The highest BCUT2D eigenvalue weighted by molar-refractivity contribution is 7.25. The average Bonchev–Trinajstić information content (AvgIpc) is 3.93. The summed E-state index contributed by atoms with van der Waals surface area (Å²) in [5, 5.41) is 5.24. The van der Waals surface area contributed by atoms with Crippen LogP contribution in [0.25, 0.3) is 69.9 Å². The molecule has 11 aromatic rings. The summed E-state index contributed by atoms with van der Waals surface area (Å²) in [6.07, 6.45) is 0. The number of rotatable bonds is 4. The van der Waals surface area contributed by atoms with Gasteiger partial charge in [-0.15, -0.1) is 11.3 Å². The van der Waals surface area contributed by atoms with Crippen molar-refractivity contribution >= 4 is 70.4 Å². The summed E-state index contributed by atoms with van der Waals surface area (Å²) in [4.78, 5) is 2.40. The number of nitrogens with zero attached hydrogens (tertiary/aromatic N) is 2. The first-order valence-corrected chi connectivity index (χ1v) is 20.8. The predicted octanol–water partition coefficient (Wildman–Crippen LogP) is 15.0. The van der Waals surface area contributed by atoms with E-state index in [-0.39, 0.29) is 0 Å². The van der Waals surface area contributed by atoms with Gasteiger partial charge in [-0.2, -0.15) is 0 Å². The van der Waals surface area contributed by atoms with Gasteiger partial charge in [-0.05, 0) is 111 Å². The minimum absolute atomic E-state index is 0.473. The molecule has 1 aliphatic carbocycles. The van der Waals surface area contributed by atoms with Crippen molar-refractivity contribution in [3.63, 3.8) is 0 Å². The first-order chi connectivity index (χ1) is 28.8. The highest BCUT2D eigenvalue weighted by Crippen LogP contribution is 2.61. The molecule has 1 atom stereocenters. The third kappa shape index (κ3) is 4.21. The number of hydrogen-bond acceptors (Lipinski definition) is 2. The Hall–Kier alpha value is -7.20. The Morgan fingerprint density at radius 1 is 0.379 bits per heavy atom. The molecule has 1 unspecified atom stereocenters. The van der Waals surface area contributed by atoms with Gasteiger partial charge in [-0.3, -0.25) is 0 Å². The van der Waals surface area contributed by atoms with Gasteiger partial charge in [0.05, 0.1) is 22.1 Å². The molecule has 0 amide bonds. The number of aromatic nitrogens is 1. The van der Waals surface area contributed by atoms with Crippen LogP contribution in [0.4, 0.5) is 17.1 Å². The fraction of sp³-hybridized carbons (Fsp3) is 0.0182. The normalized spacial score (nSPS) is 15.0. The highest BCUT2D eigenvalue weighted by Gasteiger charge is 2.50. The minimum atomic E-state index is -0.473. The van der Waals surface area contributed by atoms with Crippen molar-refractivity contribution in [3.05, 3.63) is 229 Å². The largest absolute Gasteiger partial charge is 0.310 e. The maximum Gasteiger partial charge on any atom is 0.0754 e. The first kappa shape index (κ1) is 31.9. The van der Waals surface area contributed by atoms with Gasteiger partial charge in [-0.25, -0.2) is 0 Å². The summed E-state index contributed by atoms with van der Waals surface area (Å²) in [6, 6.07) is 76.7. The Balaban J connectivity index is 1.00. The summed E-state index contributed by atoms with van der Waals surface area (Å²) < 4.78 is 5.17. The fourth-order valence-corrected chi connectivity index (χ4v) is 11.5. The molecule has 58 heavy (non-hydrogen) atoms. The average molecular weight is 755 g/mol. The lowest BCUT2D eigenvalue weighted by Gasteiger charge is -2.39. The van der Waals surface area contributed by atoms with E-state index in [4.69, 9.17) is 0 Å². The van der Waals surface area contributed by atoms with E-state index in [1.165, 1.54) is 92.2 Å². The van der Waals surface area contributed by atoms with Gasteiger partial charge in [0.25, 0.3) is 0 Å². The maximum atomic E-state index is 2.51. The molecule has 1 spiro atoms. The van der Waals surface area contributed by atoms with Crippen LogP contribution in [-0.4, -0.2) is 4.57 Å². The van der Waals surface area contributed by atoms with Crippen LogP contribution in [0, 0.1) is 0 Å². The SMILES string of the molecule is c1ccc(N(c2ccc(-c3ccc4sc5ccccc5c4c3)cc2)c2ccc3c(c2)-c2ccccc2C32c3ccccc3-n3c4ccccc4c4cccc2c43)cc1. The second-order valence-electron chi connectivity index (χ2n) is 15.6. The smallest absolute Gasteiger partial charge is 0.0754 e. The molecular weight excluding hydrogens is 721 g/mol. The lowest BCUT2D eigenvalue weighted by atomic mass is 9.65. The van der Waals surface area contributed by atoms with Crippen molar-refractivity contribution in [2.75, 3.05) is 4.90 Å². The molecule has 2 aromatic heterocycles. The van der Waals surface area contributed by atoms with Crippen LogP contribution in [0.1, 0.15) is 22.3 Å². The number of para-hydroxylation sites is 4. The van der Waals surface area contributed by atoms with Gasteiger partial charge >= 0.3 is 0 Å². The lowest BCUT2D eigenvalue weighted by molar-refractivity contribution is 0.748. The van der Waals surface area contributed by atoms with Crippen LogP contribution >= 0.6 is 11.3 Å². The van der Waals surface area contributed by atoms with E-state index in [2.05, 4.69) is 216 Å². The Morgan fingerprint density at radius 3 is 1.91 bits per heavy atom. The molecule has 13 rings (SSSR count). The first-order valence-electron chi connectivity index (χ1n) is 20.0. The van der Waals surface area contributed by atoms with Crippen LogP contribution in [0.5, 0.6) is 0 Å². The summed E-state index contributed by atoms with van der Waals surface area (Å²) in [6.45, 7) is 0. The van der Waals surface area contributed by atoms with E-state index in [0.29, 0.717) is 0 Å². The molecule has 0 radical (unpaired) electrons. The second kappa shape index (κ2) is 11.9. The van der Waals surface area contributed by atoms with Crippen molar-refractivity contribution in [2.45, 2.75) is 5.41 Å². The van der Waals surface area contributed by atoms with Crippen molar-refractivity contribution in [3.8, 4) is 27.9 Å². The molecule has 270 valence electrons. The quantitative estimate of drug-likeness (QED) is 0.174. The molecule has 0 saturated heterocycles. The molecule has 3 heterocycles. The standard InChI is InChI=1S/C55H34N2S/c1-2-13-37(14-3-1)56(38-28-25-35(26-29-38)36-27-32-53-45(33-36)42-17-6-11-24-52(42)58-53)39-30-31-47-44(34-39)40-15-4-7-19-46(40)55(47)48-20-8-10-23-51(48)57-50-22-9-5-16-41(50)43-18-12-21-49(55)54(43)57/h1-34H. The zero-order chi connectivity index (χ0) is 38.0. The van der Waals surface area contributed by atoms with E-state index < -0.39 is 5.41 Å². The minimum Gasteiger partial charge on any atom is -0.310 e. The number of anilines is 3. The number of benzene rings is 9. The molecule has 9 aromatic carbocycles. The Morgan fingerprint density at radius 2 is 1.02 bits per heavy atom. The van der Waals surface area contributed by atoms with Gasteiger partial charge in [0.2, 0.25) is 0 Å². The summed E-state index contributed by atoms with van der Waals surface area (Å²) >= 11 is 1.86. The van der Waals surface area contributed by atoms with Crippen LogP contribution in [-0.2, 0) is 5.41 Å². The van der Waals surface area contributed by atoms with E-state index in [0.717, 1.165) is 17.1 Å². The molecule has 3 heteroatoms. The van der Waals surface area contributed by atoms with Crippen molar-refractivity contribution in [1.29, 1.82) is 0 Å². The number of thiophene rings is 1. The molecule has 2 aliphatic rings. The summed E-state index contributed by atoms with van der Waals surface area (Å²) in [7, 11) is 0. The van der Waals surface area contributed by atoms with E-state index >= 15 is 0 Å². The summed E-state index contributed by atoms with van der Waals surface area (Å²) in [5.74, 6) is 0. The van der Waals surface area contributed by atoms with Gasteiger partial charge in [0.1, 0.15) is 0 Å². The molecule has 0 saturated carbocycles. The van der Waals surface area contributed by atoms with E-state index in [9.17, 15) is 0 Å². The molecule has 0 N–H and O–H groups in total. The molecule has 0 fully saturated rings.